The molecular formula is C30H34N2O. The van der Waals surface area contributed by atoms with Crippen LogP contribution in [0.25, 0.3) is 0 Å². The van der Waals surface area contributed by atoms with Gasteiger partial charge in [-0.25, -0.2) is 0 Å². The van der Waals surface area contributed by atoms with Gasteiger partial charge >= 0.3 is 0 Å². The predicted octanol–water partition coefficient (Wildman–Crippen LogP) is 6.35. The zero-order chi connectivity index (χ0) is 23.2. The summed E-state index contributed by atoms with van der Waals surface area (Å²) in [5, 5.41) is 10.5. The van der Waals surface area contributed by atoms with Crippen LogP contribution in [0.2, 0.25) is 0 Å². The fourth-order valence-corrected chi connectivity index (χ4v) is 4.94. The molecule has 0 aromatic heterocycles. The van der Waals surface area contributed by atoms with Gasteiger partial charge in [0.1, 0.15) is 5.41 Å². The number of hydrogen-bond acceptors (Lipinski definition) is 3. The van der Waals surface area contributed by atoms with Crippen molar-refractivity contribution in [2.45, 2.75) is 56.8 Å². The molecular weight excluding hydrogens is 404 g/mol. The van der Waals surface area contributed by atoms with E-state index in [0.29, 0.717) is 6.61 Å². The molecule has 0 N–H and O–H groups in total. The van der Waals surface area contributed by atoms with Crippen molar-refractivity contribution in [3.8, 4) is 6.07 Å². The minimum absolute atomic E-state index is 0.0173. The van der Waals surface area contributed by atoms with E-state index in [1.165, 1.54) is 5.56 Å². The van der Waals surface area contributed by atoms with Crippen molar-refractivity contribution in [3.05, 3.63) is 108 Å². The number of likely N-dealkylation sites (tertiary alicyclic amines) is 1. The number of benzene rings is 3. The van der Waals surface area contributed by atoms with E-state index in [9.17, 15) is 5.26 Å². The Balaban J connectivity index is 1.45. The normalized spacial score (nSPS) is 17.1. The quantitative estimate of drug-likeness (QED) is 0.391. The first-order valence-electron chi connectivity index (χ1n) is 12.0. The summed E-state index contributed by atoms with van der Waals surface area (Å²) in [6.45, 7) is 7.26. The Labute approximate surface area is 198 Å². The second-order valence-electron chi connectivity index (χ2n) is 9.71. The maximum Gasteiger partial charge on any atom is 0.107 e. The second kappa shape index (κ2) is 10.3. The molecule has 0 unspecified atom stereocenters. The van der Waals surface area contributed by atoms with Crippen LogP contribution in [0.1, 0.15) is 49.8 Å². The molecule has 1 heterocycles. The van der Waals surface area contributed by atoms with Gasteiger partial charge in [0.25, 0.3) is 0 Å². The third-order valence-corrected chi connectivity index (χ3v) is 7.17. The summed E-state index contributed by atoms with van der Waals surface area (Å²) in [7, 11) is 0. The summed E-state index contributed by atoms with van der Waals surface area (Å²) in [4.78, 5) is 2.54. The van der Waals surface area contributed by atoms with Crippen LogP contribution in [0.5, 0.6) is 0 Å². The lowest BCUT2D eigenvalue weighted by molar-refractivity contribution is 0.0341. The van der Waals surface area contributed by atoms with E-state index in [2.05, 4.69) is 73.3 Å². The third kappa shape index (κ3) is 5.36. The smallest absolute Gasteiger partial charge is 0.107 e. The molecule has 1 fully saturated rings. The first kappa shape index (κ1) is 23.2. The molecule has 0 spiro atoms. The monoisotopic (exact) mass is 438 g/mol. The summed E-state index contributed by atoms with van der Waals surface area (Å²) in [6, 6.07) is 33.6. The molecule has 0 bridgehead atoms. The van der Waals surface area contributed by atoms with E-state index < -0.39 is 5.41 Å². The zero-order valence-corrected chi connectivity index (χ0v) is 19.8. The predicted molar refractivity (Wildman–Crippen MR) is 134 cm³/mol. The Morgan fingerprint density at radius 1 is 0.848 bits per heavy atom. The van der Waals surface area contributed by atoms with Crippen LogP contribution in [0.15, 0.2) is 91.0 Å². The van der Waals surface area contributed by atoms with Gasteiger partial charge in [0, 0.05) is 18.6 Å². The summed E-state index contributed by atoms with van der Waals surface area (Å²) >= 11 is 0. The van der Waals surface area contributed by atoms with E-state index in [1.54, 1.807) is 0 Å². The molecule has 170 valence electrons. The van der Waals surface area contributed by atoms with Gasteiger partial charge in [0.05, 0.1) is 18.8 Å². The van der Waals surface area contributed by atoms with Gasteiger partial charge in [-0.2, -0.15) is 5.26 Å². The number of hydrogen-bond donors (Lipinski definition) is 0. The standard InChI is InChI=1S/C30H34N2O/c1-29(2,32-21-18-28(22-32)33-23-25-12-6-3-7-13-25)19-20-30(24-31,26-14-8-4-9-15-26)27-16-10-5-11-17-27/h3-17,28H,18-23H2,1-2H3/t28-/m1/s1. The highest BCUT2D eigenvalue weighted by atomic mass is 16.5. The minimum atomic E-state index is -0.650. The first-order valence-corrected chi connectivity index (χ1v) is 12.0. The van der Waals surface area contributed by atoms with Gasteiger partial charge in [-0.05, 0) is 49.8 Å². The highest BCUT2D eigenvalue weighted by molar-refractivity contribution is 5.45. The van der Waals surface area contributed by atoms with Crippen LogP contribution in [0, 0.1) is 11.3 Å². The van der Waals surface area contributed by atoms with Gasteiger partial charge in [0.15, 0.2) is 0 Å². The Morgan fingerprint density at radius 2 is 1.39 bits per heavy atom. The maximum atomic E-state index is 10.5. The van der Waals surface area contributed by atoms with Gasteiger partial charge in [0.2, 0.25) is 0 Å². The largest absolute Gasteiger partial charge is 0.372 e. The summed E-state index contributed by atoms with van der Waals surface area (Å²) in [5.41, 5.74) is 2.69. The molecule has 0 amide bonds. The van der Waals surface area contributed by atoms with Gasteiger partial charge in [-0.3, -0.25) is 4.90 Å². The second-order valence-corrected chi connectivity index (χ2v) is 9.71. The Morgan fingerprint density at radius 3 is 1.94 bits per heavy atom. The van der Waals surface area contributed by atoms with Crippen LogP contribution < -0.4 is 0 Å². The lowest BCUT2D eigenvalue weighted by Crippen LogP contribution is -2.44. The van der Waals surface area contributed by atoms with Gasteiger partial charge in [-0.1, -0.05) is 91.0 Å². The van der Waals surface area contributed by atoms with E-state index in [1.807, 2.05) is 42.5 Å². The Kier molecular flexibility index (Phi) is 7.28. The Bertz CT molecular complexity index is 1000. The molecule has 1 atom stereocenters. The summed E-state index contributed by atoms with van der Waals surface area (Å²) < 4.78 is 6.23. The molecule has 4 rings (SSSR count). The minimum Gasteiger partial charge on any atom is -0.372 e. The number of rotatable bonds is 9. The number of nitrogens with zero attached hydrogens (tertiary/aromatic N) is 2. The molecule has 3 aromatic rings. The zero-order valence-electron chi connectivity index (χ0n) is 19.8. The van der Waals surface area contributed by atoms with Crippen LogP contribution in [-0.4, -0.2) is 29.6 Å². The van der Waals surface area contributed by atoms with Crippen molar-refractivity contribution in [1.82, 2.24) is 4.90 Å². The molecule has 3 nitrogen and oxygen atoms in total. The first-order chi connectivity index (χ1) is 16.0. The topological polar surface area (TPSA) is 36.3 Å². The lowest BCUT2D eigenvalue weighted by atomic mass is 9.70. The van der Waals surface area contributed by atoms with Crippen molar-refractivity contribution in [2.24, 2.45) is 0 Å². The molecule has 3 heteroatoms. The number of ether oxygens (including phenoxy) is 1. The molecule has 0 radical (unpaired) electrons. The molecule has 1 aliphatic heterocycles. The highest BCUT2D eigenvalue weighted by Gasteiger charge is 2.39. The van der Waals surface area contributed by atoms with Crippen LogP contribution in [0.3, 0.4) is 0 Å². The molecule has 1 saturated heterocycles. The van der Waals surface area contributed by atoms with Crippen molar-refractivity contribution in [1.29, 1.82) is 5.26 Å². The average molecular weight is 439 g/mol. The molecule has 33 heavy (non-hydrogen) atoms. The van der Waals surface area contributed by atoms with Crippen molar-refractivity contribution >= 4 is 0 Å². The lowest BCUT2D eigenvalue weighted by Gasteiger charge is -2.38. The summed E-state index contributed by atoms with van der Waals surface area (Å²) in [5.74, 6) is 0. The molecule has 0 aliphatic carbocycles. The SMILES string of the molecule is CC(C)(CCC(C#N)(c1ccccc1)c1ccccc1)N1CC[C@@H](OCc2ccccc2)C1. The van der Waals surface area contributed by atoms with Crippen LogP contribution in [0.4, 0.5) is 0 Å². The van der Waals surface area contributed by atoms with E-state index in [0.717, 1.165) is 43.5 Å². The van der Waals surface area contributed by atoms with Crippen molar-refractivity contribution in [3.63, 3.8) is 0 Å². The van der Waals surface area contributed by atoms with Gasteiger partial charge in [-0.15, -0.1) is 0 Å². The Hall–Kier alpha value is -2.93. The number of nitriles is 1. The molecule has 3 aromatic carbocycles. The van der Waals surface area contributed by atoms with E-state index >= 15 is 0 Å². The van der Waals surface area contributed by atoms with Crippen molar-refractivity contribution in [2.75, 3.05) is 13.1 Å². The average Bonchev–Trinajstić information content (AvgIpc) is 3.36. The van der Waals surface area contributed by atoms with E-state index in [-0.39, 0.29) is 11.6 Å². The maximum absolute atomic E-state index is 10.5. The van der Waals surface area contributed by atoms with Crippen LogP contribution >= 0.6 is 0 Å². The van der Waals surface area contributed by atoms with E-state index in [4.69, 9.17) is 4.74 Å². The third-order valence-electron chi connectivity index (χ3n) is 7.17. The summed E-state index contributed by atoms with van der Waals surface area (Å²) in [6.07, 6.45) is 3.01. The highest BCUT2D eigenvalue weighted by Crippen LogP contribution is 2.39. The molecule has 1 aliphatic rings. The fraction of sp³-hybridized carbons (Fsp3) is 0.367. The van der Waals surface area contributed by atoms with Crippen molar-refractivity contribution < 1.29 is 4.74 Å². The fourth-order valence-electron chi connectivity index (χ4n) is 4.94. The molecule has 0 saturated carbocycles. The van der Waals surface area contributed by atoms with Gasteiger partial charge < -0.3 is 4.74 Å². The van der Waals surface area contributed by atoms with Crippen LogP contribution in [-0.2, 0) is 16.8 Å².